The second kappa shape index (κ2) is 11.0. The van der Waals surface area contributed by atoms with E-state index in [1.807, 2.05) is 65.8 Å². The third-order valence-electron chi connectivity index (χ3n) is 7.30. The number of rotatable bonds is 7. The molecule has 8 nitrogen and oxygen atoms in total. The first-order chi connectivity index (χ1) is 18.5. The van der Waals surface area contributed by atoms with Crippen LogP contribution in [0, 0.1) is 34.6 Å². The van der Waals surface area contributed by atoms with E-state index in [1.54, 1.807) is 24.0 Å². The molecule has 39 heavy (non-hydrogen) atoms. The Hall–Kier alpha value is -3.98. The van der Waals surface area contributed by atoms with Gasteiger partial charge in [0, 0.05) is 18.8 Å². The summed E-state index contributed by atoms with van der Waals surface area (Å²) in [5.41, 5.74) is 4.51. The molecule has 4 rings (SSSR count). The van der Waals surface area contributed by atoms with Gasteiger partial charge in [-0.05, 0) is 101 Å². The second-order valence-corrected chi connectivity index (χ2v) is 10.8. The second-order valence-electron chi connectivity index (χ2n) is 9.84. The largest absolute Gasteiger partial charge is 0.338 e. The molecule has 0 spiro atoms. The normalized spacial score (nSPS) is 11.2. The zero-order chi connectivity index (χ0) is 28.6. The van der Waals surface area contributed by atoms with E-state index in [0.29, 0.717) is 39.7 Å². The number of benzene rings is 2. The van der Waals surface area contributed by atoms with Gasteiger partial charge in [-0.25, -0.2) is 9.36 Å². The van der Waals surface area contributed by atoms with Gasteiger partial charge in [-0.2, -0.15) is 0 Å². The Morgan fingerprint density at radius 2 is 1.49 bits per heavy atom. The quantitative estimate of drug-likeness (QED) is 0.358. The lowest BCUT2D eigenvalue weighted by atomic mass is 10.1. The molecule has 2 amide bonds. The summed E-state index contributed by atoms with van der Waals surface area (Å²) in [5.74, 6) is -0.607. The number of carbonyl (C=O) groups is 2. The summed E-state index contributed by atoms with van der Waals surface area (Å²) in [7, 11) is 0. The minimum Gasteiger partial charge on any atom is -0.338 e. The maximum Gasteiger partial charge on any atom is 0.337 e. The van der Waals surface area contributed by atoms with Crippen LogP contribution in [0.1, 0.15) is 51.3 Å². The zero-order valence-corrected chi connectivity index (χ0v) is 24.3. The van der Waals surface area contributed by atoms with Gasteiger partial charge >= 0.3 is 5.69 Å². The standard InChI is InChI=1S/C30H34N4O4S/c1-8-32(9-2)28(37)26-21(7)25-27(36)34(23-13-11-18(4)20(6)15-23)30(38)33(29(25)39-26)16-24(35)31-22-12-10-17(3)19(5)14-22/h10-15H,8-9,16H2,1-7H3,(H,31,35). The first kappa shape index (κ1) is 28.0. The third-order valence-corrected chi connectivity index (χ3v) is 8.60. The van der Waals surface area contributed by atoms with Crippen molar-refractivity contribution in [1.82, 2.24) is 14.0 Å². The van der Waals surface area contributed by atoms with Crippen LogP contribution in [0.25, 0.3) is 15.9 Å². The molecule has 2 aromatic heterocycles. The maximum atomic E-state index is 13.9. The van der Waals surface area contributed by atoms with Gasteiger partial charge in [0.15, 0.2) is 0 Å². The predicted molar refractivity (Wildman–Crippen MR) is 158 cm³/mol. The van der Waals surface area contributed by atoms with E-state index in [2.05, 4.69) is 5.32 Å². The highest BCUT2D eigenvalue weighted by atomic mass is 32.1. The molecule has 0 fully saturated rings. The van der Waals surface area contributed by atoms with Gasteiger partial charge in [0.05, 0.1) is 16.0 Å². The SMILES string of the molecule is CCN(CC)C(=O)c1sc2c(c1C)c(=O)n(-c1ccc(C)c(C)c1)c(=O)n2CC(=O)Nc1ccc(C)c(C)c1. The van der Waals surface area contributed by atoms with Gasteiger partial charge in [-0.1, -0.05) is 12.1 Å². The van der Waals surface area contributed by atoms with E-state index >= 15 is 0 Å². The third kappa shape index (κ3) is 5.18. The van der Waals surface area contributed by atoms with E-state index in [-0.39, 0.29) is 17.8 Å². The highest BCUT2D eigenvalue weighted by molar-refractivity contribution is 7.20. The number of anilines is 1. The number of hydrogen-bond donors (Lipinski definition) is 1. The number of carbonyl (C=O) groups excluding carboxylic acids is 2. The van der Waals surface area contributed by atoms with Crippen LogP contribution < -0.4 is 16.6 Å². The summed E-state index contributed by atoms with van der Waals surface area (Å²) in [6.07, 6.45) is 0. The Kier molecular flexibility index (Phi) is 7.92. The van der Waals surface area contributed by atoms with Crippen molar-refractivity contribution in [3.63, 3.8) is 0 Å². The first-order valence-electron chi connectivity index (χ1n) is 13.0. The van der Waals surface area contributed by atoms with Crippen LogP contribution in [-0.2, 0) is 11.3 Å². The van der Waals surface area contributed by atoms with Crippen LogP contribution >= 0.6 is 11.3 Å². The van der Waals surface area contributed by atoms with Crippen molar-refractivity contribution in [1.29, 1.82) is 0 Å². The van der Waals surface area contributed by atoms with Crippen molar-refractivity contribution in [2.24, 2.45) is 0 Å². The van der Waals surface area contributed by atoms with Gasteiger partial charge in [-0.3, -0.25) is 19.0 Å². The number of thiophene rings is 1. The summed E-state index contributed by atoms with van der Waals surface area (Å²) in [6.45, 7) is 14.0. The molecule has 0 aliphatic rings. The molecule has 9 heteroatoms. The fourth-order valence-corrected chi connectivity index (χ4v) is 5.86. The molecule has 0 saturated heterocycles. The Bertz CT molecular complexity index is 1720. The minimum absolute atomic E-state index is 0.200. The summed E-state index contributed by atoms with van der Waals surface area (Å²) in [6, 6.07) is 11.0. The maximum absolute atomic E-state index is 13.9. The molecule has 0 atom stereocenters. The molecule has 0 radical (unpaired) electrons. The van der Waals surface area contributed by atoms with E-state index in [1.165, 1.54) is 4.57 Å². The van der Waals surface area contributed by atoms with Crippen molar-refractivity contribution in [3.05, 3.63) is 89.9 Å². The molecule has 2 heterocycles. The van der Waals surface area contributed by atoms with Crippen molar-refractivity contribution in [2.75, 3.05) is 18.4 Å². The number of aromatic nitrogens is 2. The van der Waals surface area contributed by atoms with Crippen LogP contribution in [-0.4, -0.2) is 38.9 Å². The van der Waals surface area contributed by atoms with Crippen molar-refractivity contribution < 1.29 is 9.59 Å². The fraction of sp³-hybridized carbons (Fsp3) is 0.333. The van der Waals surface area contributed by atoms with Crippen LogP contribution in [0.15, 0.2) is 46.0 Å². The lowest BCUT2D eigenvalue weighted by Gasteiger charge is -2.17. The molecule has 1 N–H and O–H groups in total. The van der Waals surface area contributed by atoms with Gasteiger partial charge < -0.3 is 10.2 Å². The smallest absolute Gasteiger partial charge is 0.337 e. The number of amides is 2. The Morgan fingerprint density at radius 1 is 0.872 bits per heavy atom. The van der Waals surface area contributed by atoms with Crippen molar-refractivity contribution in [2.45, 2.75) is 55.0 Å². The average molecular weight is 547 g/mol. The number of hydrogen-bond acceptors (Lipinski definition) is 5. The molecular weight excluding hydrogens is 512 g/mol. The number of fused-ring (bicyclic) bond motifs is 1. The molecule has 0 bridgehead atoms. The Labute approximate surface area is 231 Å². The van der Waals surface area contributed by atoms with E-state index < -0.39 is 17.2 Å². The first-order valence-corrected chi connectivity index (χ1v) is 13.8. The van der Waals surface area contributed by atoms with Crippen LogP contribution in [0.4, 0.5) is 5.69 Å². The molecule has 4 aromatic rings. The lowest BCUT2D eigenvalue weighted by Crippen LogP contribution is -2.40. The number of nitrogens with zero attached hydrogens (tertiary/aromatic N) is 3. The van der Waals surface area contributed by atoms with Crippen LogP contribution in [0.2, 0.25) is 0 Å². The summed E-state index contributed by atoms with van der Waals surface area (Å²) >= 11 is 1.09. The average Bonchev–Trinajstić information content (AvgIpc) is 3.24. The van der Waals surface area contributed by atoms with Crippen molar-refractivity contribution >= 4 is 39.1 Å². The zero-order valence-electron chi connectivity index (χ0n) is 23.5. The van der Waals surface area contributed by atoms with Crippen molar-refractivity contribution in [3.8, 4) is 5.69 Å². The topological polar surface area (TPSA) is 93.4 Å². The molecule has 0 aliphatic heterocycles. The van der Waals surface area contributed by atoms with Gasteiger partial charge in [0.1, 0.15) is 11.4 Å². The van der Waals surface area contributed by atoms with E-state index in [0.717, 1.165) is 38.2 Å². The van der Waals surface area contributed by atoms with Gasteiger partial charge in [-0.15, -0.1) is 11.3 Å². The summed E-state index contributed by atoms with van der Waals surface area (Å²) in [5, 5.41) is 3.14. The molecule has 204 valence electrons. The monoisotopic (exact) mass is 546 g/mol. The summed E-state index contributed by atoms with van der Waals surface area (Å²) in [4.78, 5) is 56.6. The molecular formula is C30H34N4O4S. The highest BCUT2D eigenvalue weighted by Crippen LogP contribution is 2.29. The minimum atomic E-state index is -0.630. The van der Waals surface area contributed by atoms with E-state index in [9.17, 15) is 19.2 Å². The van der Waals surface area contributed by atoms with Crippen LogP contribution in [0.5, 0.6) is 0 Å². The number of nitrogens with one attached hydrogen (secondary N) is 1. The lowest BCUT2D eigenvalue weighted by molar-refractivity contribution is -0.116. The molecule has 0 saturated carbocycles. The molecule has 2 aromatic carbocycles. The van der Waals surface area contributed by atoms with Crippen LogP contribution in [0.3, 0.4) is 0 Å². The predicted octanol–water partition coefficient (Wildman–Crippen LogP) is 4.88. The Morgan fingerprint density at radius 3 is 2.08 bits per heavy atom. The molecule has 0 aliphatic carbocycles. The molecule has 0 unspecified atom stereocenters. The van der Waals surface area contributed by atoms with Gasteiger partial charge in [0.2, 0.25) is 5.91 Å². The highest BCUT2D eigenvalue weighted by Gasteiger charge is 2.26. The summed E-state index contributed by atoms with van der Waals surface area (Å²) < 4.78 is 2.41. The number of aryl methyl sites for hydroxylation is 5. The fourth-order valence-electron chi connectivity index (χ4n) is 4.60. The Balaban J connectivity index is 1.93. The van der Waals surface area contributed by atoms with E-state index in [4.69, 9.17) is 0 Å². The van der Waals surface area contributed by atoms with Gasteiger partial charge in [0.25, 0.3) is 11.5 Å².